The third-order valence-corrected chi connectivity index (χ3v) is 3.93. The molecular weight excluding hydrogens is 417 g/mol. The van der Waals surface area contributed by atoms with Crippen molar-refractivity contribution >= 4 is 38.5 Å². The summed E-state index contributed by atoms with van der Waals surface area (Å²) >= 11 is 5.37. The van der Waals surface area contributed by atoms with Crippen molar-refractivity contribution in [3.05, 3.63) is 67.2 Å². The zero-order valence-corrected chi connectivity index (χ0v) is 12.7. The third-order valence-electron chi connectivity index (χ3n) is 2.45. The highest BCUT2D eigenvalue weighted by molar-refractivity contribution is 14.1. The van der Waals surface area contributed by atoms with Gasteiger partial charge in [-0.2, -0.15) is 0 Å². The Bertz CT molecular complexity index is 569. The summed E-state index contributed by atoms with van der Waals surface area (Å²) in [6.45, 7) is 0. The van der Waals surface area contributed by atoms with Crippen LogP contribution in [-0.4, -0.2) is 5.11 Å². The number of aliphatic hydroxyl groups excluding tert-OH is 1. The molecule has 5 heteroatoms. The van der Waals surface area contributed by atoms with Crippen LogP contribution in [0.25, 0.3) is 0 Å². The number of hydrogen-bond acceptors (Lipinski definition) is 1. The molecule has 0 aromatic heterocycles. The summed E-state index contributed by atoms with van der Waals surface area (Å²) in [6, 6.07) is 8.43. The van der Waals surface area contributed by atoms with Crippen molar-refractivity contribution in [1.82, 2.24) is 0 Å². The van der Waals surface area contributed by atoms with Gasteiger partial charge in [-0.15, -0.1) is 0 Å². The maximum atomic E-state index is 13.1. The van der Waals surface area contributed by atoms with Crippen LogP contribution in [0.3, 0.4) is 0 Å². The third kappa shape index (κ3) is 3.07. The first-order valence-corrected chi connectivity index (χ1v) is 6.93. The standard InChI is InChI=1S/C13H8BrF2IO/c14-8-1-2-12(17)11(5-8)13(18)7-3-9(15)6-10(16)4-7/h1-6,13,18H. The van der Waals surface area contributed by atoms with Crippen molar-refractivity contribution in [1.29, 1.82) is 0 Å². The van der Waals surface area contributed by atoms with E-state index >= 15 is 0 Å². The fourth-order valence-corrected chi connectivity index (χ4v) is 2.65. The second-order valence-corrected chi connectivity index (χ2v) is 5.85. The molecule has 0 saturated heterocycles. The van der Waals surface area contributed by atoms with Gasteiger partial charge in [0, 0.05) is 14.1 Å². The van der Waals surface area contributed by atoms with Crippen LogP contribution in [0.2, 0.25) is 0 Å². The lowest BCUT2D eigenvalue weighted by molar-refractivity contribution is 0.218. The van der Waals surface area contributed by atoms with Gasteiger partial charge in [-0.25, -0.2) is 8.78 Å². The molecule has 0 amide bonds. The Balaban J connectivity index is 2.47. The predicted octanol–water partition coefficient (Wildman–Crippen LogP) is 4.41. The van der Waals surface area contributed by atoms with Gasteiger partial charge in [0.05, 0.1) is 0 Å². The number of halogens is 4. The van der Waals surface area contributed by atoms with Gasteiger partial charge < -0.3 is 5.11 Å². The van der Waals surface area contributed by atoms with Gasteiger partial charge in [-0.05, 0) is 64.0 Å². The minimum atomic E-state index is -1.06. The average molecular weight is 425 g/mol. The summed E-state index contributed by atoms with van der Waals surface area (Å²) < 4.78 is 27.9. The number of benzene rings is 2. The van der Waals surface area contributed by atoms with E-state index in [9.17, 15) is 13.9 Å². The molecule has 0 bridgehead atoms. The summed E-state index contributed by atoms with van der Waals surface area (Å²) in [5.41, 5.74) is 0.804. The van der Waals surface area contributed by atoms with Crippen molar-refractivity contribution in [3.63, 3.8) is 0 Å². The smallest absolute Gasteiger partial charge is 0.126 e. The lowest BCUT2D eigenvalue weighted by atomic mass is 10.0. The molecule has 0 saturated carbocycles. The molecule has 1 unspecified atom stereocenters. The second-order valence-electron chi connectivity index (χ2n) is 3.77. The van der Waals surface area contributed by atoms with Crippen LogP contribution in [-0.2, 0) is 0 Å². The Labute approximate surface area is 125 Å². The fraction of sp³-hybridized carbons (Fsp3) is 0.0769. The maximum Gasteiger partial charge on any atom is 0.126 e. The molecule has 2 rings (SSSR count). The topological polar surface area (TPSA) is 20.2 Å². The Morgan fingerprint density at radius 1 is 1.06 bits per heavy atom. The van der Waals surface area contributed by atoms with Gasteiger partial charge in [0.15, 0.2) is 0 Å². The van der Waals surface area contributed by atoms with Crippen LogP contribution in [0.1, 0.15) is 17.2 Å². The zero-order valence-electron chi connectivity index (χ0n) is 9.00. The van der Waals surface area contributed by atoms with E-state index in [2.05, 4.69) is 38.5 Å². The van der Waals surface area contributed by atoms with E-state index in [4.69, 9.17) is 0 Å². The van der Waals surface area contributed by atoms with E-state index in [-0.39, 0.29) is 5.56 Å². The molecule has 18 heavy (non-hydrogen) atoms. The molecule has 0 aliphatic heterocycles. The molecule has 0 aliphatic carbocycles. The quantitative estimate of drug-likeness (QED) is 0.708. The van der Waals surface area contributed by atoms with E-state index in [0.717, 1.165) is 26.2 Å². The molecule has 2 aromatic carbocycles. The molecule has 94 valence electrons. The SMILES string of the molecule is OC(c1cc(F)cc(F)c1)c1cc(Br)ccc1I. The molecular formula is C13H8BrF2IO. The van der Waals surface area contributed by atoms with Gasteiger partial charge in [-0.1, -0.05) is 15.9 Å². The molecule has 1 N–H and O–H groups in total. The van der Waals surface area contributed by atoms with Gasteiger partial charge in [-0.3, -0.25) is 0 Å². The van der Waals surface area contributed by atoms with Crippen molar-refractivity contribution in [3.8, 4) is 0 Å². The van der Waals surface area contributed by atoms with Crippen molar-refractivity contribution < 1.29 is 13.9 Å². The van der Waals surface area contributed by atoms with E-state index in [1.807, 2.05) is 12.1 Å². The molecule has 1 nitrogen and oxygen atoms in total. The highest BCUT2D eigenvalue weighted by Crippen LogP contribution is 2.29. The van der Waals surface area contributed by atoms with Crippen LogP contribution in [0.5, 0.6) is 0 Å². The van der Waals surface area contributed by atoms with Crippen LogP contribution < -0.4 is 0 Å². The second kappa shape index (κ2) is 5.63. The highest BCUT2D eigenvalue weighted by Gasteiger charge is 2.16. The molecule has 0 heterocycles. The molecule has 0 spiro atoms. The van der Waals surface area contributed by atoms with E-state index < -0.39 is 17.7 Å². The van der Waals surface area contributed by atoms with E-state index in [0.29, 0.717) is 5.56 Å². The highest BCUT2D eigenvalue weighted by atomic mass is 127. The minimum absolute atomic E-state index is 0.198. The summed E-state index contributed by atoms with van der Waals surface area (Å²) in [5, 5.41) is 10.2. The minimum Gasteiger partial charge on any atom is -0.384 e. The summed E-state index contributed by atoms with van der Waals surface area (Å²) in [7, 11) is 0. The first-order valence-electron chi connectivity index (χ1n) is 5.06. The van der Waals surface area contributed by atoms with Gasteiger partial charge in [0.2, 0.25) is 0 Å². The van der Waals surface area contributed by atoms with Crippen molar-refractivity contribution in [2.75, 3.05) is 0 Å². The zero-order chi connectivity index (χ0) is 13.3. The number of hydrogen-bond donors (Lipinski definition) is 1. The lowest BCUT2D eigenvalue weighted by Gasteiger charge is -2.14. The maximum absolute atomic E-state index is 13.1. The molecule has 2 aromatic rings. The Hall–Kier alpha value is -0.530. The Morgan fingerprint density at radius 2 is 1.67 bits per heavy atom. The normalized spacial score (nSPS) is 12.5. The van der Waals surface area contributed by atoms with Crippen LogP contribution >= 0.6 is 38.5 Å². The average Bonchev–Trinajstić information content (AvgIpc) is 2.30. The molecule has 0 aliphatic rings. The summed E-state index contributed by atoms with van der Waals surface area (Å²) in [5.74, 6) is -1.40. The Morgan fingerprint density at radius 3 is 2.28 bits per heavy atom. The Kier molecular flexibility index (Phi) is 4.34. The molecule has 0 radical (unpaired) electrons. The van der Waals surface area contributed by atoms with Gasteiger partial charge >= 0.3 is 0 Å². The molecule has 0 fully saturated rings. The molecule has 1 atom stereocenters. The van der Waals surface area contributed by atoms with Crippen molar-refractivity contribution in [2.24, 2.45) is 0 Å². The van der Waals surface area contributed by atoms with Gasteiger partial charge in [0.1, 0.15) is 17.7 Å². The number of rotatable bonds is 2. The first kappa shape index (κ1) is 13.9. The summed E-state index contributed by atoms with van der Waals surface area (Å²) in [6.07, 6.45) is -1.06. The predicted molar refractivity (Wildman–Crippen MR) is 77.3 cm³/mol. The fourth-order valence-electron chi connectivity index (χ4n) is 1.64. The van der Waals surface area contributed by atoms with Crippen LogP contribution in [0.15, 0.2) is 40.9 Å². The van der Waals surface area contributed by atoms with Crippen LogP contribution in [0.4, 0.5) is 8.78 Å². The first-order chi connectivity index (χ1) is 8.47. The number of aliphatic hydroxyl groups is 1. The summed E-state index contributed by atoms with van der Waals surface area (Å²) in [4.78, 5) is 0. The largest absolute Gasteiger partial charge is 0.384 e. The van der Waals surface area contributed by atoms with Crippen molar-refractivity contribution in [2.45, 2.75) is 6.10 Å². The monoisotopic (exact) mass is 424 g/mol. The van der Waals surface area contributed by atoms with Gasteiger partial charge in [0.25, 0.3) is 0 Å². The lowest BCUT2D eigenvalue weighted by Crippen LogP contribution is -2.03. The van der Waals surface area contributed by atoms with Crippen LogP contribution in [0, 0.1) is 15.2 Å². The van der Waals surface area contributed by atoms with E-state index in [1.54, 1.807) is 6.07 Å². The van der Waals surface area contributed by atoms with E-state index in [1.165, 1.54) is 0 Å².